The highest BCUT2D eigenvalue weighted by molar-refractivity contribution is 6.30. The summed E-state index contributed by atoms with van der Waals surface area (Å²) in [5, 5.41) is 13.4. The lowest BCUT2D eigenvalue weighted by molar-refractivity contribution is -0.0118. The summed E-state index contributed by atoms with van der Waals surface area (Å²) in [6.07, 6.45) is 3.02. The van der Waals surface area contributed by atoms with E-state index in [-0.39, 0.29) is 17.6 Å². The molecule has 4 heterocycles. The minimum Gasteiger partial charge on any atom is -0.422 e. The Morgan fingerprint density at radius 2 is 1.86 bits per heavy atom. The Labute approximate surface area is 205 Å². The number of aryl methyl sites for hydroxylation is 1. The van der Waals surface area contributed by atoms with E-state index in [9.17, 15) is 4.79 Å². The quantitative estimate of drug-likeness (QED) is 0.390. The maximum absolute atomic E-state index is 15.0. The first-order chi connectivity index (χ1) is 16.9. The zero-order valence-corrected chi connectivity index (χ0v) is 20.0. The minimum absolute atomic E-state index is 0.0583. The van der Waals surface area contributed by atoms with Crippen molar-refractivity contribution in [2.45, 2.75) is 57.5 Å². The number of halogens is 2. The van der Waals surface area contributed by atoms with E-state index < -0.39 is 5.82 Å². The molecule has 1 aliphatic carbocycles. The first kappa shape index (κ1) is 22.3. The third-order valence-corrected chi connectivity index (χ3v) is 7.10. The molecule has 0 unspecified atom stereocenters. The van der Waals surface area contributed by atoms with Crippen LogP contribution in [0.5, 0.6) is 0 Å². The highest BCUT2D eigenvalue weighted by atomic mass is 35.5. The van der Waals surface area contributed by atoms with E-state index in [1.54, 1.807) is 26.0 Å². The summed E-state index contributed by atoms with van der Waals surface area (Å²) in [6.45, 7) is 3.95. The van der Waals surface area contributed by atoms with Crippen LogP contribution in [0.15, 0.2) is 33.5 Å². The van der Waals surface area contributed by atoms with E-state index in [1.165, 1.54) is 10.6 Å². The van der Waals surface area contributed by atoms with Gasteiger partial charge in [-0.3, -0.25) is 4.79 Å². The summed E-state index contributed by atoms with van der Waals surface area (Å²) in [4.78, 5) is 17.7. The summed E-state index contributed by atoms with van der Waals surface area (Å²) in [5.41, 5.74) is 2.55. The van der Waals surface area contributed by atoms with Crippen LogP contribution in [0, 0.1) is 19.7 Å². The van der Waals surface area contributed by atoms with Crippen LogP contribution >= 0.6 is 11.6 Å². The molecule has 0 spiro atoms. The van der Waals surface area contributed by atoms with Gasteiger partial charge in [0.15, 0.2) is 5.65 Å². The highest BCUT2D eigenvalue weighted by Crippen LogP contribution is 2.42. The molecule has 180 valence electrons. The Morgan fingerprint density at radius 3 is 2.63 bits per heavy atom. The topological polar surface area (TPSA) is 95.4 Å². The molecule has 3 aromatic heterocycles. The molecule has 1 aromatic carbocycles. The molecule has 2 aliphatic rings. The molecular weight excluding hydrogens is 473 g/mol. The normalized spacial score (nSPS) is 20.5. The SMILES string of the molecule is Cc1nc2c(-c3ccc(Cl)cc3F)cc([C@@H]3CCO[C@@H](c4nnc(C5CC5)o4)C3)nn2c(=O)c1C. The molecule has 1 saturated heterocycles. The highest BCUT2D eigenvalue weighted by Gasteiger charge is 2.34. The summed E-state index contributed by atoms with van der Waals surface area (Å²) >= 11 is 5.99. The smallest absolute Gasteiger partial charge is 0.277 e. The van der Waals surface area contributed by atoms with Crippen molar-refractivity contribution in [3.8, 4) is 11.1 Å². The molecular formula is C25H23ClFN5O3. The van der Waals surface area contributed by atoms with Gasteiger partial charge in [-0.15, -0.1) is 10.2 Å². The Bertz CT molecular complexity index is 1510. The zero-order chi connectivity index (χ0) is 24.3. The van der Waals surface area contributed by atoms with Crippen molar-refractivity contribution in [3.63, 3.8) is 0 Å². The fourth-order valence-corrected chi connectivity index (χ4v) is 4.70. The predicted molar refractivity (Wildman–Crippen MR) is 126 cm³/mol. The molecule has 1 aliphatic heterocycles. The van der Waals surface area contributed by atoms with Crippen molar-refractivity contribution >= 4 is 17.2 Å². The van der Waals surface area contributed by atoms with Crippen LogP contribution in [0.1, 0.15) is 72.4 Å². The van der Waals surface area contributed by atoms with Gasteiger partial charge >= 0.3 is 0 Å². The Morgan fingerprint density at radius 1 is 1.06 bits per heavy atom. The number of hydrogen-bond acceptors (Lipinski definition) is 7. The average molecular weight is 496 g/mol. The van der Waals surface area contributed by atoms with Crippen molar-refractivity contribution in [2.24, 2.45) is 0 Å². The molecule has 8 nitrogen and oxygen atoms in total. The third kappa shape index (κ3) is 4.02. The Balaban J connectivity index is 1.45. The van der Waals surface area contributed by atoms with Crippen molar-refractivity contribution in [1.82, 2.24) is 24.8 Å². The Kier molecular flexibility index (Phi) is 5.41. The maximum atomic E-state index is 15.0. The van der Waals surface area contributed by atoms with Crippen LogP contribution < -0.4 is 5.56 Å². The van der Waals surface area contributed by atoms with Crippen LogP contribution in [0.4, 0.5) is 4.39 Å². The number of hydrogen-bond donors (Lipinski definition) is 0. The van der Waals surface area contributed by atoms with Gasteiger partial charge in [-0.25, -0.2) is 9.37 Å². The first-order valence-corrected chi connectivity index (χ1v) is 12.1. The second-order valence-electron chi connectivity index (χ2n) is 9.30. The van der Waals surface area contributed by atoms with Gasteiger partial charge in [0, 0.05) is 45.8 Å². The second-order valence-corrected chi connectivity index (χ2v) is 9.74. The molecule has 1 saturated carbocycles. The zero-order valence-electron chi connectivity index (χ0n) is 19.3. The van der Waals surface area contributed by atoms with Gasteiger partial charge in [0.2, 0.25) is 11.8 Å². The average Bonchev–Trinajstić information content (AvgIpc) is 3.59. The summed E-state index contributed by atoms with van der Waals surface area (Å²) in [5.74, 6) is 0.940. The van der Waals surface area contributed by atoms with Crippen LogP contribution in [0.2, 0.25) is 5.02 Å². The van der Waals surface area contributed by atoms with Gasteiger partial charge in [-0.1, -0.05) is 11.6 Å². The lowest BCUT2D eigenvalue weighted by Crippen LogP contribution is -2.25. The number of rotatable bonds is 4. The van der Waals surface area contributed by atoms with Crippen LogP contribution in [-0.4, -0.2) is 31.4 Å². The standard InChI is InChI=1S/C25H23ClFN5O3/c1-12-13(2)28-22-18(17-6-5-16(26)10-19(17)27)11-20(31-32(22)25(12)33)15-7-8-34-21(9-15)24-30-29-23(35-24)14-3-4-14/h5-6,10-11,14-15,21H,3-4,7-9H2,1-2H3/t15-,21-/m1/s1. The van der Waals surface area contributed by atoms with Crippen LogP contribution in [0.3, 0.4) is 0 Å². The van der Waals surface area contributed by atoms with Gasteiger partial charge in [-0.2, -0.15) is 9.61 Å². The van der Waals surface area contributed by atoms with E-state index in [0.717, 1.165) is 12.8 Å². The van der Waals surface area contributed by atoms with Crippen molar-refractivity contribution in [1.29, 1.82) is 0 Å². The number of ether oxygens (including phenoxy) is 1. The maximum Gasteiger partial charge on any atom is 0.277 e. The van der Waals surface area contributed by atoms with Gasteiger partial charge < -0.3 is 9.15 Å². The molecule has 4 aromatic rings. The summed E-state index contributed by atoms with van der Waals surface area (Å²) in [6, 6.07) is 6.29. The minimum atomic E-state index is -0.493. The molecule has 0 amide bonds. The fraction of sp³-hybridized carbons (Fsp3) is 0.400. The van der Waals surface area contributed by atoms with E-state index >= 15 is 4.39 Å². The number of aromatic nitrogens is 5. The molecule has 10 heteroatoms. The fourth-order valence-electron chi connectivity index (χ4n) is 4.54. The monoisotopic (exact) mass is 495 g/mol. The third-order valence-electron chi connectivity index (χ3n) is 6.86. The lowest BCUT2D eigenvalue weighted by Gasteiger charge is -2.27. The van der Waals surface area contributed by atoms with Crippen molar-refractivity contribution < 1.29 is 13.5 Å². The molecule has 6 rings (SSSR count). The molecule has 2 atom stereocenters. The number of nitrogens with zero attached hydrogens (tertiary/aromatic N) is 5. The van der Waals surface area contributed by atoms with Gasteiger partial charge in [0.25, 0.3) is 5.56 Å². The van der Waals surface area contributed by atoms with E-state index in [4.69, 9.17) is 20.8 Å². The molecule has 0 N–H and O–H groups in total. The largest absolute Gasteiger partial charge is 0.422 e. The molecule has 2 fully saturated rings. The Hall–Kier alpha value is -3.17. The van der Waals surface area contributed by atoms with E-state index in [2.05, 4.69) is 20.3 Å². The predicted octanol–water partition coefficient (Wildman–Crippen LogP) is 5.06. The lowest BCUT2D eigenvalue weighted by atomic mass is 9.91. The summed E-state index contributed by atoms with van der Waals surface area (Å²) in [7, 11) is 0. The second kappa shape index (κ2) is 8.49. The van der Waals surface area contributed by atoms with Gasteiger partial charge in [0.1, 0.15) is 11.9 Å². The number of fused-ring (bicyclic) bond motifs is 1. The van der Waals surface area contributed by atoms with Crippen LogP contribution in [0.25, 0.3) is 16.8 Å². The van der Waals surface area contributed by atoms with Crippen molar-refractivity contribution in [3.05, 3.63) is 74.2 Å². The first-order valence-electron chi connectivity index (χ1n) is 11.7. The number of benzene rings is 1. The molecule has 35 heavy (non-hydrogen) atoms. The van der Waals surface area contributed by atoms with E-state index in [1.807, 2.05) is 6.07 Å². The van der Waals surface area contributed by atoms with E-state index in [0.29, 0.717) is 75.9 Å². The van der Waals surface area contributed by atoms with Gasteiger partial charge in [-0.05, 0) is 63.8 Å². The molecule has 0 radical (unpaired) electrons. The van der Waals surface area contributed by atoms with Crippen molar-refractivity contribution in [2.75, 3.05) is 6.61 Å². The molecule has 0 bridgehead atoms. The van der Waals surface area contributed by atoms with Gasteiger partial charge in [0.05, 0.1) is 5.69 Å². The summed E-state index contributed by atoms with van der Waals surface area (Å²) < 4.78 is 28.1. The van der Waals surface area contributed by atoms with Crippen LogP contribution in [-0.2, 0) is 4.74 Å².